The molecule has 0 aliphatic carbocycles. The van der Waals surface area contributed by atoms with E-state index >= 15 is 0 Å². The molecule has 0 fully saturated rings. The molecule has 0 aliphatic rings. The molecule has 0 saturated carbocycles. The lowest BCUT2D eigenvalue weighted by atomic mass is 10.5. The van der Waals surface area contributed by atoms with Crippen molar-refractivity contribution >= 4 is 17.7 Å². The first-order valence-electron chi connectivity index (χ1n) is 4.16. The van der Waals surface area contributed by atoms with E-state index in [2.05, 4.69) is 14.9 Å². The van der Waals surface area contributed by atoms with Crippen molar-refractivity contribution in [1.29, 1.82) is 0 Å². The summed E-state index contributed by atoms with van der Waals surface area (Å²) in [7, 11) is 3.24. The molecule has 0 saturated heterocycles. The standard InChI is InChI=1S/C8H13N3O2S/c1-5(7(12)13-4)14-8-10-9-6(2)11(8)3/h5H,1-4H3. The van der Waals surface area contributed by atoms with Crippen molar-refractivity contribution in [1.82, 2.24) is 14.8 Å². The number of aryl methyl sites for hydroxylation is 1. The lowest BCUT2D eigenvalue weighted by molar-refractivity contribution is -0.139. The zero-order valence-electron chi connectivity index (χ0n) is 8.64. The minimum atomic E-state index is -0.262. The maximum atomic E-state index is 11.1. The Balaban J connectivity index is 2.69. The number of rotatable bonds is 3. The molecule has 0 bridgehead atoms. The Labute approximate surface area is 86.8 Å². The van der Waals surface area contributed by atoms with Crippen LogP contribution in [0.2, 0.25) is 0 Å². The zero-order valence-corrected chi connectivity index (χ0v) is 9.46. The average Bonchev–Trinajstić information content (AvgIpc) is 2.48. The van der Waals surface area contributed by atoms with Crippen LogP contribution in [-0.2, 0) is 16.6 Å². The van der Waals surface area contributed by atoms with E-state index in [0.29, 0.717) is 0 Å². The number of hydrogen-bond donors (Lipinski definition) is 0. The van der Waals surface area contributed by atoms with E-state index < -0.39 is 0 Å². The summed E-state index contributed by atoms with van der Waals surface area (Å²) in [4.78, 5) is 11.1. The molecule has 78 valence electrons. The highest BCUT2D eigenvalue weighted by Crippen LogP contribution is 2.21. The van der Waals surface area contributed by atoms with Gasteiger partial charge in [-0.25, -0.2) is 0 Å². The third-order valence-corrected chi connectivity index (χ3v) is 2.98. The van der Waals surface area contributed by atoms with Crippen LogP contribution in [0.3, 0.4) is 0 Å². The topological polar surface area (TPSA) is 57.0 Å². The van der Waals surface area contributed by atoms with Gasteiger partial charge in [-0.1, -0.05) is 11.8 Å². The maximum absolute atomic E-state index is 11.1. The lowest BCUT2D eigenvalue weighted by Crippen LogP contribution is -2.15. The average molecular weight is 215 g/mol. The van der Waals surface area contributed by atoms with Gasteiger partial charge >= 0.3 is 5.97 Å². The molecule has 6 heteroatoms. The lowest BCUT2D eigenvalue weighted by Gasteiger charge is -2.07. The zero-order chi connectivity index (χ0) is 10.7. The number of methoxy groups -OCH3 is 1. The number of ether oxygens (including phenoxy) is 1. The molecule has 1 aromatic rings. The molecule has 1 heterocycles. The van der Waals surface area contributed by atoms with Gasteiger partial charge in [0.1, 0.15) is 11.1 Å². The maximum Gasteiger partial charge on any atom is 0.318 e. The van der Waals surface area contributed by atoms with Gasteiger partial charge in [-0.05, 0) is 13.8 Å². The van der Waals surface area contributed by atoms with Crippen molar-refractivity contribution in [3.63, 3.8) is 0 Å². The summed E-state index contributed by atoms with van der Waals surface area (Å²) < 4.78 is 6.45. The van der Waals surface area contributed by atoms with Gasteiger partial charge in [-0.3, -0.25) is 4.79 Å². The van der Waals surface area contributed by atoms with Crippen LogP contribution >= 0.6 is 11.8 Å². The van der Waals surface area contributed by atoms with Crippen molar-refractivity contribution < 1.29 is 9.53 Å². The van der Waals surface area contributed by atoms with Crippen LogP contribution < -0.4 is 0 Å². The molecule has 14 heavy (non-hydrogen) atoms. The van der Waals surface area contributed by atoms with Crippen molar-refractivity contribution in [2.24, 2.45) is 7.05 Å². The Morgan fingerprint density at radius 1 is 1.57 bits per heavy atom. The molecule has 1 unspecified atom stereocenters. The molecule has 1 atom stereocenters. The van der Waals surface area contributed by atoms with Crippen LogP contribution in [0.15, 0.2) is 5.16 Å². The number of carbonyl (C=O) groups excluding carboxylic acids is 1. The first-order valence-corrected chi connectivity index (χ1v) is 5.04. The van der Waals surface area contributed by atoms with Gasteiger partial charge < -0.3 is 9.30 Å². The molecule has 5 nitrogen and oxygen atoms in total. The number of nitrogens with zero attached hydrogens (tertiary/aromatic N) is 3. The number of hydrogen-bond acceptors (Lipinski definition) is 5. The van der Waals surface area contributed by atoms with Crippen LogP contribution in [0.25, 0.3) is 0 Å². The van der Waals surface area contributed by atoms with Gasteiger partial charge in [0.05, 0.1) is 7.11 Å². The van der Waals surface area contributed by atoms with E-state index in [-0.39, 0.29) is 11.2 Å². The fourth-order valence-electron chi connectivity index (χ4n) is 0.863. The molecule has 1 aromatic heterocycles. The molecule has 0 amide bonds. The van der Waals surface area contributed by atoms with E-state index in [9.17, 15) is 4.79 Å². The third-order valence-electron chi connectivity index (χ3n) is 1.87. The summed E-state index contributed by atoms with van der Waals surface area (Å²) >= 11 is 1.34. The Morgan fingerprint density at radius 2 is 2.21 bits per heavy atom. The Kier molecular flexibility index (Phi) is 3.51. The highest BCUT2D eigenvalue weighted by atomic mass is 32.2. The fourth-order valence-corrected chi connectivity index (χ4v) is 1.75. The largest absolute Gasteiger partial charge is 0.468 e. The fraction of sp³-hybridized carbons (Fsp3) is 0.625. The van der Waals surface area contributed by atoms with Gasteiger partial charge in [-0.15, -0.1) is 10.2 Å². The molecule has 0 aromatic carbocycles. The predicted molar refractivity (Wildman–Crippen MR) is 53.1 cm³/mol. The van der Waals surface area contributed by atoms with Crippen molar-refractivity contribution in [2.75, 3.05) is 7.11 Å². The molecular weight excluding hydrogens is 202 g/mol. The molecule has 0 radical (unpaired) electrons. The predicted octanol–water partition coefficient (Wildman–Crippen LogP) is 0.777. The summed E-state index contributed by atoms with van der Waals surface area (Å²) in [5, 5.41) is 8.30. The highest BCUT2D eigenvalue weighted by molar-refractivity contribution is 8.00. The highest BCUT2D eigenvalue weighted by Gasteiger charge is 2.17. The number of aromatic nitrogens is 3. The smallest absolute Gasteiger partial charge is 0.318 e. The minimum Gasteiger partial charge on any atom is -0.468 e. The van der Waals surface area contributed by atoms with Gasteiger partial charge in [0.2, 0.25) is 0 Å². The van der Waals surface area contributed by atoms with E-state index in [1.807, 2.05) is 18.5 Å². The molecule has 1 rings (SSSR count). The first kappa shape index (κ1) is 11.0. The number of thioether (sulfide) groups is 1. The minimum absolute atomic E-state index is 0.254. The second-order valence-electron chi connectivity index (χ2n) is 2.87. The molecule has 0 N–H and O–H groups in total. The van der Waals surface area contributed by atoms with Crippen LogP contribution in [0, 0.1) is 6.92 Å². The van der Waals surface area contributed by atoms with Gasteiger partial charge in [0.15, 0.2) is 5.16 Å². The third kappa shape index (κ3) is 2.25. The van der Waals surface area contributed by atoms with E-state index in [0.717, 1.165) is 11.0 Å². The molecule has 0 aliphatic heterocycles. The number of carbonyl (C=O) groups is 1. The van der Waals surface area contributed by atoms with Crippen molar-refractivity contribution in [3.05, 3.63) is 5.82 Å². The quantitative estimate of drug-likeness (QED) is 0.551. The van der Waals surface area contributed by atoms with Gasteiger partial charge in [0, 0.05) is 7.05 Å². The van der Waals surface area contributed by atoms with Crippen molar-refractivity contribution in [3.8, 4) is 0 Å². The SMILES string of the molecule is COC(=O)C(C)Sc1nnc(C)n1C. The monoisotopic (exact) mass is 215 g/mol. The van der Waals surface area contributed by atoms with Crippen LogP contribution in [0.4, 0.5) is 0 Å². The second-order valence-corrected chi connectivity index (χ2v) is 4.18. The Bertz CT molecular complexity index is 337. The summed E-state index contributed by atoms with van der Waals surface area (Å²) in [6.45, 7) is 3.64. The van der Waals surface area contributed by atoms with Gasteiger partial charge in [0.25, 0.3) is 0 Å². The van der Waals surface area contributed by atoms with Crippen molar-refractivity contribution in [2.45, 2.75) is 24.3 Å². The van der Waals surface area contributed by atoms with Crippen LogP contribution in [0.5, 0.6) is 0 Å². The molecular formula is C8H13N3O2S. The Hall–Kier alpha value is -1.04. The normalized spacial score (nSPS) is 12.6. The summed E-state index contributed by atoms with van der Waals surface area (Å²) in [5.41, 5.74) is 0. The number of esters is 1. The van der Waals surface area contributed by atoms with Gasteiger partial charge in [-0.2, -0.15) is 0 Å². The summed E-state index contributed by atoms with van der Waals surface area (Å²) in [6.07, 6.45) is 0. The Morgan fingerprint density at radius 3 is 2.64 bits per heavy atom. The van der Waals surface area contributed by atoms with Crippen LogP contribution in [-0.4, -0.2) is 33.1 Å². The van der Waals surface area contributed by atoms with Crippen LogP contribution in [0.1, 0.15) is 12.7 Å². The second kappa shape index (κ2) is 4.45. The molecule has 0 spiro atoms. The summed E-state index contributed by atoms with van der Waals surface area (Å²) in [6, 6.07) is 0. The van der Waals surface area contributed by atoms with E-state index in [1.165, 1.54) is 18.9 Å². The summed E-state index contributed by atoms with van der Waals surface area (Å²) in [5.74, 6) is 0.570. The van der Waals surface area contributed by atoms with E-state index in [4.69, 9.17) is 0 Å². The first-order chi connectivity index (χ1) is 6.56. The van der Waals surface area contributed by atoms with E-state index in [1.54, 1.807) is 6.92 Å².